The summed E-state index contributed by atoms with van der Waals surface area (Å²) in [4.78, 5) is 4.25. The monoisotopic (exact) mass is 210 g/mol. The highest BCUT2D eigenvalue weighted by atomic mass is 35.5. The van der Waals surface area contributed by atoms with Crippen molar-refractivity contribution in [3.05, 3.63) is 34.7 Å². The third-order valence-corrected chi connectivity index (χ3v) is 2.52. The van der Waals surface area contributed by atoms with Gasteiger partial charge in [0.25, 0.3) is 0 Å². The lowest BCUT2D eigenvalue weighted by molar-refractivity contribution is 0.195. The summed E-state index contributed by atoms with van der Waals surface area (Å²) in [5, 5.41) is 9.90. The van der Waals surface area contributed by atoms with E-state index in [1.165, 1.54) is 0 Å². The maximum absolute atomic E-state index is 9.41. The van der Waals surface area contributed by atoms with Crippen LogP contribution in [0, 0.1) is 6.92 Å². The van der Waals surface area contributed by atoms with Crippen molar-refractivity contribution in [2.24, 2.45) is 0 Å². The Kier molecular flexibility index (Phi) is 2.21. The van der Waals surface area contributed by atoms with Gasteiger partial charge in [-0.2, -0.15) is 0 Å². The van der Waals surface area contributed by atoms with Gasteiger partial charge in [0.1, 0.15) is 16.5 Å². The Balaban J connectivity index is 2.73. The van der Waals surface area contributed by atoms with Crippen molar-refractivity contribution in [3.8, 4) is 0 Å². The number of aromatic nitrogens is 2. The standard InChI is InChI=1S/C10H11ClN2O/c1-6-3-4-13-8(5-6)12-9(7(2)14)10(13)11/h3-5,7,14H,1-2H3. The van der Waals surface area contributed by atoms with E-state index in [0.717, 1.165) is 11.2 Å². The molecule has 14 heavy (non-hydrogen) atoms. The number of fused-ring (bicyclic) bond motifs is 1. The summed E-state index contributed by atoms with van der Waals surface area (Å²) in [6.07, 6.45) is 1.22. The molecule has 2 aromatic rings. The van der Waals surface area contributed by atoms with Crippen LogP contribution in [0.25, 0.3) is 5.65 Å². The molecule has 0 aliphatic heterocycles. The summed E-state index contributed by atoms with van der Waals surface area (Å²) in [7, 11) is 0. The Morgan fingerprint density at radius 1 is 1.57 bits per heavy atom. The van der Waals surface area contributed by atoms with E-state index in [0.29, 0.717) is 10.8 Å². The van der Waals surface area contributed by atoms with Crippen molar-refractivity contribution in [1.82, 2.24) is 9.38 Å². The zero-order chi connectivity index (χ0) is 10.3. The van der Waals surface area contributed by atoms with Crippen molar-refractivity contribution >= 4 is 17.2 Å². The third kappa shape index (κ3) is 1.38. The number of aliphatic hydroxyl groups excluding tert-OH is 1. The first kappa shape index (κ1) is 9.49. The predicted molar refractivity (Wildman–Crippen MR) is 55.6 cm³/mol. The molecule has 0 radical (unpaired) electrons. The summed E-state index contributed by atoms with van der Waals surface area (Å²) >= 11 is 6.04. The Labute approximate surface area is 87.0 Å². The maximum atomic E-state index is 9.41. The van der Waals surface area contributed by atoms with E-state index in [1.54, 1.807) is 11.3 Å². The SMILES string of the molecule is Cc1ccn2c(Cl)c(C(C)O)nc2c1. The van der Waals surface area contributed by atoms with Crippen LogP contribution < -0.4 is 0 Å². The van der Waals surface area contributed by atoms with Crippen LogP contribution in [-0.4, -0.2) is 14.5 Å². The molecule has 0 spiro atoms. The van der Waals surface area contributed by atoms with E-state index in [-0.39, 0.29) is 0 Å². The molecule has 0 saturated carbocycles. The van der Waals surface area contributed by atoms with Gasteiger partial charge in [-0.1, -0.05) is 11.6 Å². The molecular weight excluding hydrogens is 200 g/mol. The highest BCUT2D eigenvalue weighted by Crippen LogP contribution is 2.23. The van der Waals surface area contributed by atoms with E-state index in [1.807, 2.05) is 25.3 Å². The lowest BCUT2D eigenvalue weighted by atomic mass is 10.3. The van der Waals surface area contributed by atoms with Crippen molar-refractivity contribution in [2.45, 2.75) is 20.0 Å². The van der Waals surface area contributed by atoms with E-state index in [9.17, 15) is 5.11 Å². The lowest BCUT2D eigenvalue weighted by Crippen LogP contribution is -1.91. The minimum Gasteiger partial charge on any atom is -0.387 e. The van der Waals surface area contributed by atoms with E-state index in [4.69, 9.17) is 11.6 Å². The predicted octanol–water partition coefficient (Wildman–Crippen LogP) is 2.35. The normalized spacial score (nSPS) is 13.4. The second-order valence-corrected chi connectivity index (χ2v) is 3.75. The van der Waals surface area contributed by atoms with Crippen LogP contribution in [0.4, 0.5) is 0 Å². The van der Waals surface area contributed by atoms with Crippen LogP contribution in [0.15, 0.2) is 18.3 Å². The van der Waals surface area contributed by atoms with Gasteiger partial charge in [-0.05, 0) is 31.5 Å². The molecule has 2 heterocycles. The molecule has 0 amide bonds. The molecule has 0 aliphatic carbocycles. The molecule has 3 nitrogen and oxygen atoms in total. The van der Waals surface area contributed by atoms with Gasteiger partial charge < -0.3 is 5.11 Å². The zero-order valence-corrected chi connectivity index (χ0v) is 8.78. The number of halogens is 1. The zero-order valence-electron chi connectivity index (χ0n) is 8.03. The Morgan fingerprint density at radius 2 is 2.29 bits per heavy atom. The molecule has 4 heteroatoms. The Morgan fingerprint density at radius 3 is 2.93 bits per heavy atom. The van der Waals surface area contributed by atoms with Gasteiger partial charge in [-0.3, -0.25) is 4.40 Å². The highest BCUT2D eigenvalue weighted by molar-refractivity contribution is 6.30. The van der Waals surface area contributed by atoms with Crippen molar-refractivity contribution in [1.29, 1.82) is 0 Å². The molecule has 1 unspecified atom stereocenters. The topological polar surface area (TPSA) is 37.5 Å². The van der Waals surface area contributed by atoms with Crippen molar-refractivity contribution in [2.75, 3.05) is 0 Å². The van der Waals surface area contributed by atoms with Crippen LogP contribution in [0.3, 0.4) is 0 Å². The Bertz CT molecular complexity index is 476. The number of rotatable bonds is 1. The molecule has 74 valence electrons. The van der Waals surface area contributed by atoms with Gasteiger partial charge in [-0.15, -0.1) is 0 Å². The minimum absolute atomic E-state index is 0.481. The van der Waals surface area contributed by atoms with Gasteiger partial charge in [0, 0.05) is 6.20 Å². The van der Waals surface area contributed by atoms with E-state index >= 15 is 0 Å². The molecule has 1 N–H and O–H groups in total. The fourth-order valence-corrected chi connectivity index (χ4v) is 1.74. The second kappa shape index (κ2) is 3.26. The summed E-state index contributed by atoms with van der Waals surface area (Å²) in [5.74, 6) is 0. The van der Waals surface area contributed by atoms with Crippen molar-refractivity contribution in [3.63, 3.8) is 0 Å². The molecule has 0 aliphatic rings. The first-order valence-electron chi connectivity index (χ1n) is 4.42. The average molecular weight is 211 g/mol. The van der Waals surface area contributed by atoms with Gasteiger partial charge >= 0.3 is 0 Å². The Hall–Kier alpha value is -1.06. The van der Waals surface area contributed by atoms with E-state index < -0.39 is 6.10 Å². The summed E-state index contributed by atoms with van der Waals surface area (Å²) in [6, 6.07) is 3.88. The number of aliphatic hydroxyl groups is 1. The van der Waals surface area contributed by atoms with Crippen LogP contribution in [0.2, 0.25) is 5.15 Å². The van der Waals surface area contributed by atoms with Crippen molar-refractivity contribution < 1.29 is 5.11 Å². The van der Waals surface area contributed by atoms with Gasteiger partial charge in [0.15, 0.2) is 0 Å². The number of hydrogen-bond acceptors (Lipinski definition) is 2. The largest absolute Gasteiger partial charge is 0.387 e. The van der Waals surface area contributed by atoms with E-state index in [2.05, 4.69) is 4.98 Å². The minimum atomic E-state index is -0.636. The average Bonchev–Trinajstić information content (AvgIpc) is 2.43. The number of pyridine rings is 1. The van der Waals surface area contributed by atoms with Crippen LogP contribution in [0.1, 0.15) is 24.3 Å². The van der Waals surface area contributed by atoms with Gasteiger partial charge in [0.05, 0.1) is 6.10 Å². The molecule has 0 saturated heterocycles. The molecule has 2 aromatic heterocycles. The number of hydrogen-bond donors (Lipinski definition) is 1. The van der Waals surface area contributed by atoms with Gasteiger partial charge in [-0.25, -0.2) is 4.98 Å². The smallest absolute Gasteiger partial charge is 0.139 e. The molecule has 0 fully saturated rings. The van der Waals surface area contributed by atoms with Crippen LogP contribution >= 0.6 is 11.6 Å². The fraction of sp³-hybridized carbons (Fsp3) is 0.300. The second-order valence-electron chi connectivity index (χ2n) is 3.40. The molecule has 0 bridgehead atoms. The summed E-state index contributed by atoms with van der Waals surface area (Å²) in [6.45, 7) is 3.64. The van der Waals surface area contributed by atoms with Crippen LogP contribution in [0.5, 0.6) is 0 Å². The maximum Gasteiger partial charge on any atom is 0.139 e. The third-order valence-electron chi connectivity index (χ3n) is 2.14. The fourth-order valence-electron chi connectivity index (χ4n) is 1.40. The quantitative estimate of drug-likeness (QED) is 0.785. The van der Waals surface area contributed by atoms with Crippen LogP contribution in [-0.2, 0) is 0 Å². The first-order valence-corrected chi connectivity index (χ1v) is 4.79. The molecular formula is C10H11ClN2O. The lowest BCUT2D eigenvalue weighted by Gasteiger charge is -1.98. The highest BCUT2D eigenvalue weighted by Gasteiger charge is 2.13. The molecule has 1 atom stereocenters. The first-order chi connectivity index (χ1) is 6.59. The summed E-state index contributed by atoms with van der Waals surface area (Å²) < 4.78 is 1.76. The number of aryl methyl sites for hydroxylation is 1. The number of imidazole rings is 1. The molecule has 0 aromatic carbocycles. The molecule has 2 rings (SSSR count). The summed E-state index contributed by atoms with van der Waals surface area (Å²) in [5.41, 5.74) is 2.42. The van der Waals surface area contributed by atoms with Gasteiger partial charge in [0.2, 0.25) is 0 Å². The number of nitrogens with zero attached hydrogens (tertiary/aromatic N) is 2.